The molecule has 1 amide bonds. The molecule has 126 valence electrons. The molecule has 0 unspecified atom stereocenters. The number of carbonyl (C=O) groups is 1. The molecule has 0 bridgehead atoms. The maximum Gasteiger partial charge on any atom is 0.271 e. The van der Waals surface area contributed by atoms with E-state index < -0.39 is 0 Å². The summed E-state index contributed by atoms with van der Waals surface area (Å²) in [7, 11) is 4.62. The molecule has 0 aliphatic carbocycles. The molecule has 6 nitrogen and oxygen atoms in total. The zero-order chi connectivity index (χ0) is 17.5. The molecule has 0 heterocycles. The highest BCUT2D eigenvalue weighted by Gasteiger charge is 2.12. The summed E-state index contributed by atoms with van der Waals surface area (Å²) in [6.45, 7) is 1.87. The normalized spacial score (nSPS) is 10.5. The van der Waals surface area contributed by atoms with Gasteiger partial charge < -0.3 is 14.2 Å². The second-order valence-corrected chi connectivity index (χ2v) is 4.97. The van der Waals surface area contributed by atoms with E-state index in [1.54, 1.807) is 18.2 Å². The summed E-state index contributed by atoms with van der Waals surface area (Å²) in [4.78, 5) is 12.1. The lowest BCUT2D eigenvalue weighted by Gasteiger charge is -2.12. The molecule has 0 aliphatic heterocycles. The third kappa shape index (κ3) is 3.84. The number of amides is 1. The molecule has 0 spiro atoms. The lowest BCUT2D eigenvalue weighted by Crippen LogP contribution is -2.18. The predicted molar refractivity (Wildman–Crippen MR) is 92.3 cm³/mol. The molecule has 0 aliphatic rings. The number of hydrogen-bond donors (Lipinski definition) is 1. The second-order valence-electron chi connectivity index (χ2n) is 4.97. The van der Waals surface area contributed by atoms with Crippen LogP contribution in [0.4, 0.5) is 0 Å². The van der Waals surface area contributed by atoms with E-state index in [-0.39, 0.29) is 5.91 Å². The van der Waals surface area contributed by atoms with Crippen molar-refractivity contribution in [1.29, 1.82) is 0 Å². The smallest absolute Gasteiger partial charge is 0.271 e. The number of hydrazone groups is 1. The minimum atomic E-state index is -0.267. The maximum absolute atomic E-state index is 12.1. The highest BCUT2D eigenvalue weighted by Crippen LogP contribution is 2.37. The summed E-state index contributed by atoms with van der Waals surface area (Å²) in [5.74, 6) is 1.27. The Morgan fingerprint density at radius 3 is 2.21 bits per heavy atom. The number of methoxy groups -OCH3 is 3. The average molecular weight is 328 g/mol. The van der Waals surface area contributed by atoms with Gasteiger partial charge in [-0.15, -0.1) is 0 Å². The molecule has 0 saturated carbocycles. The van der Waals surface area contributed by atoms with Crippen LogP contribution in [0.5, 0.6) is 17.2 Å². The Labute approximate surface area is 141 Å². The van der Waals surface area contributed by atoms with E-state index in [4.69, 9.17) is 14.2 Å². The number of benzene rings is 2. The van der Waals surface area contributed by atoms with Crippen LogP contribution in [-0.2, 0) is 0 Å². The first-order valence-electron chi connectivity index (χ1n) is 7.29. The van der Waals surface area contributed by atoms with Crippen molar-refractivity contribution in [3.8, 4) is 17.2 Å². The summed E-state index contributed by atoms with van der Waals surface area (Å²) in [5.41, 5.74) is 4.68. The van der Waals surface area contributed by atoms with E-state index in [0.717, 1.165) is 5.56 Å². The molecular weight excluding hydrogens is 308 g/mol. The zero-order valence-corrected chi connectivity index (χ0v) is 14.1. The van der Waals surface area contributed by atoms with E-state index in [0.29, 0.717) is 28.4 Å². The topological polar surface area (TPSA) is 69.2 Å². The summed E-state index contributed by atoms with van der Waals surface area (Å²) in [6.07, 6.45) is 1.51. The quantitative estimate of drug-likeness (QED) is 0.654. The standard InChI is InChI=1S/C18H20N2O4/c1-12-7-5-6-8-14(12)18(21)20-19-11-13-9-15(22-2)17(24-4)16(10-13)23-3/h5-11H,1-4H3,(H,20,21). The third-order valence-electron chi connectivity index (χ3n) is 3.46. The van der Waals surface area contributed by atoms with Crippen LogP contribution in [0.3, 0.4) is 0 Å². The van der Waals surface area contributed by atoms with Crippen molar-refractivity contribution in [1.82, 2.24) is 5.43 Å². The number of nitrogens with one attached hydrogen (secondary N) is 1. The van der Waals surface area contributed by atoms with Gasteiger partial charge in [-0.25, -0.2) is 5.43 Å². The van der Waals surface area contributed by atoms with Crippen LogP contribution in [-0.4, -0.2) is 33.5 Å². The average Bonchev–Trinajstić information content (AvgIpc) is 2.60. The van der Waals surface area contributed by atoms with Crippen molar-refractivity contribution < 1.29 is 19.0 Å². The van der Waals surface area contributed by atoms with Gasteiger partial charge in [-0.3, -0.25) is 4.79 Å². The Morgan fingerprint density at radius 1 is 1.04 bits per heavy atom. The van der Waals surface area contributed by atoms with Crippen LogP contribution in [0.2, 0.25) is 0 Å². The Kier molecular flexibility index (Phi) is 5.78. The van der Waals surface area contributed by atoms with Crippen molar-refractivity contribution in [2.45, 2.75) is 6.92 Å². The molecule has 24 heavy (non-hydrogen) atoms. The fourth-order valence-electron chi connectivity index (χ4n) is 2.23. The molecule has 2 rings (SSSR count). The van der Waals surface area contributed by atoms with Gasteiger partial charge in [-0.1, -0.05) is 18.2 Å². The number of hydrogen-bond acceptors (Lipinski definition) is 5. The van der Waals surface area contributed by atoms with Crippen LogP contribution in [0.15, 0.2) is 41.5 Å². The van der Waals surface area contributed by atoms with Crippen molar-refractivity contribution in [2.75, 3.05) is 21.3 Å². The van der Waals surface area contributed by atoms with Gasteiger partial charge in [0.25, 0.3) is 5.91 Å². The molecular formula is C18H20N2O4. The van der Waals surface area contributed by atoms with Crippen LogP contribution in [0.1, 0.15) is 21.5 Å². The molecule has 6 heteroatoms. The first-order valence-corrected chi connectivity index (χ1v) is 7.29. The van der Waals surface area contributed by atoms with Crippen molar-refractivity contribution in [3.63, 3.8) is 0 Å². The number of aryl methyl sites for hydroxylation is 1. The van der Waals surface area contributed by atoms with Crippen LogP contribution in [0.25, 0.3) is 0 Å². The molecule has 0 saturated heterocycles. The molecule has 0 radical (unpaired) electrons. The fraction of sp³-hybridized carbons (Fsp3) is 0.222. The predicted octanol–water partition coefficient (Wildman–Crippen LogP) is 2.78. The van der Waals surface area contributed by atoms with Crippen LogP contribution >= 0.6 is 0 Å². The Hall–Kier alpha value is -3.02. The van der Waals surface area contributed by atoms with Gasteiger partial charge >= 0.3 is 0 Å². The lowest BCUT2D eigenvalue weighted by atomic mass is 10.1. The summed E-state index contributed by atoms with van der Waals surface area (Å²) in [5, 5.41) is 3.99. The first kappa shape index (κ1) is 17.3. The van der Waals surface area contributed by atoms with Gasteiger partial charge in [-0.05, 0) is 30.7 Å². The highest BCUT2D eigenvalue weighted by atomic mass is 16.5. The molecule has 0 fully saturated rings. The van der Waals surface area contributed by atoms with E-state index in [1.165, 1.54) is 27.5 Å². The molecule has 2 aromatic rings. The van der Waals surface area contributed by atoms with Gasteiger partial charge in [0.1, 0.15) is 0 Å². The molecule has 1 N–H and O–H groups in total. The zero-order valence-electron chi connectivity index (χ0n) is 14.1. The van der Waals surface area contributed by atoms with E-state index in [1.807, 2.05) is 25.1 Å². The first-order chi connectivity index (χ1) is 11.6. The van der Waals surface area contributed by atoms with Crippen molar-refractivity contribution >= 4 is 12.1 Å². The van der Waals surface area contributed by atoms with Gasteiger partial charge in [-0.2, -0.15) is 5.10 Å². The van der Waals surface area contributed by atoms with Gasteiger partial charge in [0.2, 0.25) is 5.75 Å². The number of ether oxygens (including phenoxy) is 3. The van der Waals surface area contributed by atoms with Crippen LogP contribution < -0.4 is 19.6 Å². The van der Waals surface area contributed by atoms with E-state index in [2.05, 4.69) is 10.5 Å². The SMILES string of the molecule is COc1cc(C=NNC(=O)c2ccccc2C)cc(OC)c1OC. The molecule has 2 aromatic carbocycles. The monoisotopic (exact) mass is 328 g/mol. The van der Waals surface area contributed by atoms with Gasteiger partial charge in [0.05, 0.1) is 27.5 Å². The summed E-state index contributed by atoms with van der Waals surface area (Å²) in [6, 6.07) is 10.8. The largest absolute Gasteiger partial charge is 0.493 e. The maximum atomic E-state index is 12.1. The lowest BCUT2D eigenvalue weighted by molar-refractivity contribution is 0.0954. The second kappa shape index (κ2) is 8.01. The van der Waals surface area contributed by atoms with E-state index in [9.17, 15) is 4.79 Å². The number of carbonyl (C=O) groups excluding carboxylic acids is 1. The Morgan fingerprint density at radius 2 is 1.67 bits per heavy atom. The third-order valence-corrected chi connectivity index (χ3v) is 3.46. The van der Waals surface area contributed by atoms with Gasteiger partial charge in [0, 0.05) is 11.1 Å². The Bertz CT molecular complexity index is 731. The summed E-state index contributed by atoms with van der Waals surface area (Å²) >= 11 is 0. The minimum absolute atomic E-state index is 0.267. The number of nitrogens with zero attached hydrogens (tertiary/aromatic N) is 1. The van der Waals surface area contributed by atoms with E-state index >= 15 is 0 Å². The number of rotatable bonds is 6. The minimum Gasteiger partial charge on any atom is -0.493 e. The summed E-state index contributed by atoms with van der Waals surface area (Å²) < 4.78 is 15.8. The fourth-order valence-corrected chi connectivity index (χ4v) is 2.23. The Balaban J connectivity index is 2.17. The van der Waals surface area contributed by atoms with Crippen molar-refractivity contribution in [3.05, 3.63) is 53.1 Å². The van der Waals surface area contributed by atoms with Gasteiger partial charge in [0.15, 0.2) is 11.5 Å². The van der Waals surface area contributed by atoms with Crippen LogP contribution in [0, 0.1) is 6.92 Å². The van der Waals surface area contributed by atoms with Crippen molar-refractivity contribution in [2.24, 2.45) is 5.10 Å². The molecule has 0 aromatic heterocycles. The molecule has 0 atom stereocenters. The highest BCUT2D eigenvalue weighted by molar-refractivity contribution is 5.96.